The van der Waals surface area contributed by atoms with Crippen LogP contribution in [0.5, 0.6) is 0 Å². The first-order chi connectivity index (χ1) is 11.1. The van der Waals surface area contributed by atoms with E-state index in [0.29, 0.717) is 0 Å². The lowest BCUT2D eigenvalue weighted by molar-refractivity contribution is 1.42. The molecule has 10 heteroatoms. The molecule has 2 rings (SSSR count). The number of hydrogen-bond acceptors (Lipinski definition) is 0. The normalized spacial score (nSPS) is 11.6. The van der Waals surface area contributed by atoms with Crippen molar-refractivity contribution in [2.75, 3.05) is 0 Å². The van der Waals surface area contributed by atoms with Gasteiger partial charge in [-0.3, -0.25) is 0 Å². The molecule has 0 aromatic heterocycles. The van der Waals surface area contributed by atoms with Crippen molar-refractivity contribution in [2.45, 2.75) is 0 Å². The Kier molecular flexibility index (Phi) is 9.36. The number of halogens is 10. The van der Waals surface area contributed by atoms with Crippen molar-refractivity contribution in [2.24, 2.45) is 0 Å². The summed E-state index contributed by atoms with van der Waals surface area (Å²) in [6.07, 6.45) is 4.07. The van der Waals surface area contributed by atoms with Crippen LogP contribution in [0.3, 0.4) is 0 Å². The van der Waals surface area contributed by atoms with Crippen LogP contribution in [0.4, 0.5) is 0 Å². The summed E-state index contributed by atoms with van der Waals surface area (Å²) in [5.74, 6) is 0. The molecule has 0 fully saturated rings. The summed E-state index contributed by atoms with van der Waals surface area (Å²) < 4.78 is 9.42. The molecule has 2 aromatic rings. The van der Waals surface area contributed by atoms with Gasteiger partial charge < -0.3 is 0 Å². The predicted octanol–water partition coefficient (Wildman–Crippen LogP) is 11.5. The van der Waals surface area contributed by atoms with Crippen LogP contribution in [0.1, 0.15) is 11.1 Å². The Morgan fingerprint density at radius 1 is 0.292 bits per heavy atom. The van der Waals surface area contributed by atoms with Gasteiger partial charge in [-0.05, 0) is 159 Å². The minimum atomic E-state index is 0.938. The van der Waals surface area contributed by atoms with E-state index in [1.54, 1.807) is 0 Å². The summed E-state index contributed by atoms with van der Waals surface area (Å²) in [6, 6.07) is 0. The highest BCUT2D eigenvalue weighted by Crippen LogP contribution is 2.47. The lowest BCUT2D eigenvalue weighted by Gasteiger charge is -2.13. The second-order valence-corrected chi connectivity index (χ2v) is 12.2. The Hall–Kier alpha value is 2.98. The standard InChI is InChI=1S/C14H2Br10/c15-5-3(6(16)10(20)13(23)9(5)19)1-2-4-7(17)11(21)14(24)12(22)8(4)18/h1-2H. The number of hydrogen-bond donors (Lipinski definition) is 0. The lowest BCUT2D eigenvalue weighted by Crippen LogP contribution is -1.88. The molecule has 0 heterocycles. The van der Waals surface area contributed by atoms with Crippen LogP contribution < -0.4 is 0 Å². The fourth-order valence-electron chi connectivity index (χ4n) is 1.70. The molecule has 0 unspecified atom stereocenters. The summed E-state index contributed by atoms with van der Waals surface area (Å²) in [4.78, 5) is 0. The Morgan fingerprint density at radius 3 is 0.667 bits per heavy atom. The maximum absolute atomic E-state index is 3.64. The van der Waals surface area contributed by atoms with E-state index >= 15 is 0 Å². The van der Waals surface area contributed by atoms with Crippen LogP contribution in [0.15, 0.2) is 44.7 Å². The van der Waals surface area contributed by atoms with Gasteiger partial charge in [-0.2, -0.15) is 0 Å². The van der Waals surface area contributed by atoms with Crippen molar-refractivity contribution >= 4 is 171 Å². The molecular weight excluding hydrogens is 967 g/mol. The zero-order valence-electron chi connectivity index (χ0n) is 10.9. The van der Waals surface area contributed by atoms with Gasteiger partial charge in [0, 0.05) is 55.9 Å². The third-order valence-electron chi connectivity index (χ3n) is 2.90. The Labute approximate surface area is 223 Å². The van der Waals surface area contributed by atoms with Gasteiger partial charge in [-0.25, -0.2) is 0 Å². The highest BCUT2D eigenvalue weighted by atomic mass is 79.9. The van der Waals surface area contributed by atoms with Crippen LogP contribution in [0, 0.1) is 0 Å². The molecule has 0 atom stereocenters. The third kappa shape index (κ3) is 4.58. The quantitative estimate of drug-likeness (QED) is 0.160. The molecule has 0 nitrogen and oxygen atoms in total. The molecular formula is C14H2Br10. The molecule has 0 aliphatic carbocycles. The van der Waals surface area contributed by atoms with E-state index in [0.717, 1.165) is 55.9 Å². The molecule has 0 radical (unpaired) electrons. The largest absolute Gasteiger partial charge is 0.0520 e. The van der Waals surface area contributed by atoms with E-state index < -0.39 is 0 Å². The maximum Gasteiger partial charge on any atom is 0.0482 e. The molecule has 128 valence electrons. The van der Waals surface area contributed by atoms with Crippen LogP contribution in [-0.2, 0) is 0 Å². The lowest BCUT2D eigenvalue weighted by atomic mass is 10.1. The van der Waals surface area contributed by atoms with Gasteiger partial charge in [-0.15, -0.1) is 0 Å². The Balaban J connectivity index is 2.67. The first-order valence-electron chi connectivity index (χ1n) is 5.80. The molecule has 24 heavy (non-hydrogen) atoms. The van der Waals surface area contributed by atoms with Crippen molar-refractivity contribution in [3.63, 3.8) is 0 Å². The molecule has 0 spiro atoms. The summed E-state index contributed by atoms with van der Waals surface area (Å²) in [5, 5.41) is 0. The van der Waals surface area contributed by atoms with Crippen LogP contribution in [0.25, 0.3) is 12.2 Å². The fraction of sp³-hybridized carbons (Fsp3) is 0. The predicted molar refractivity (Wildman–Crippen MR) is 139 cm³/mol. The minimum Gasteiger partial charge on any atom is -0.0520 e. The van der Waals surface area contributed by atoms with Crippen molar-refractivity contribution in [1.29, 1.82) is 0 Å². The SMILES string of the molecule is Brc1c(Br)c(Br)c(C=Cc2c(Br)c(Br)c(Br)c(Br)c2Br)c(Br)c1Br. The molecule has 2 aromatic carbocycles. The topological polar surface area (TPSA) is 0 Å². The summed E-state index contributed by atoms with van der Waals surface area (Å²) in [7, 11) is 0. The molecule has 0 saturated carbocycles. The average molecular weight is 969 g/mol. The molecule has 0 N–H and O–H groups in total. The van der Waals surface area contributed by atoms with Gasteiger partial charge in [0.15, 0.2) is 0 Å². The van der Waals surface area contributed by atoms with Gasteiger partial charge in [0.1, 0.15) is 0 Å². The minimum absolute atomic E-state index is 0.938. The van der Waals surface area contributed by atoms with E-state index in [-0.39, 0.29) is 0 Å². The van der Waals surface area contributed by atoms with E-state index in [1.165, 1.54) is 0 Å². The monoisotopic (exact) mass is 959 g/mol. The maximum atomic E-state index is 3.64. The van der Waals surface area contributed by atoms with Crippen molar-refractivity contribution in [3.8, 4) is 0 Å². The van der Waals surface area contributed by atoms with E-state index in [9.17, 15) is 0 Å². The first kappa shape index (κ1) is 23.3. The zero-order valence-corrected chi connectivity index (χ0v) is 26.8. The van der Waals surface area contributed by atoms with Crippen molar-refractivity contribution < 1.29 is 0 Å². The van der Waals surface area contributed by atoms with Crippen molar-refractivity contribution in [3.05, 3.63) is 55.9 Å². The summed E-state index contributed by atoms with van der Waals surface area (Å²) in [5.41, 5.74) is 2.01. The smallest absolute Gasteiger partial charge is 0.0482 e. The fourth-order valence-corrected chi connectivity index (χ4v) is 8.39. The highest BCUT2D eigenvalue weighted by Gasteiger charge is 2.18. The zero-order chi connectivity index (χ0) is 18.3. The van der Waals surface area contributed by atoms with Gasteiger partial charge in [0.2, 0.25) is 0 Å². The Morgan fingerprint density at radius 2 is 0.458 bits per heavy atom. The van der Waals surface area contributed by atoms with Crippen LogP contribution in [0.2, 0.25) is 0 Å². The van der Waals surface area contributed by atoms with Gasteiger partial charge in [0.25, 0.3) is 0 Å². The molecule has 0 aliphatic heterocycles. The van der Waals surface area contributed by atoms with Gasteiger partial charge >= 0.3 is 0 Å². The van der Waals surface area contributed by atoms with Crippen molar-refractivity contribution in [1.82, 2.24) is 0 Å². The average Bonchev–Trinajstić information content (AvgIpc) is 2.57. The van der Waals surface area contributed by atoms with Crippen LogP contribution >= 0.6 is 159 Å². The second-order valence-electron chi connectivity index (χ2n) is 4.30. The first-order valence-corrected chi connectivity index (χ1v) is 13.7. The third-order valence-corrected chi connectivity index (χ3v) is 15.2. The number of benzene rings is 2. The highest BCUT2D eigenvalue weighted by molar-refractivity contribution is 9.16. The van der Waals surface area contributed by atoms with Gasteiger partial charge in [0.05, 0.1) is 0 Å². The molecule has 0 bridgehead atoms. The molecule has 0 aliphatic rings. The second kappa shape index (κ2) is 9.65. The van der Waals surface area contributed by atoms with E-state index in [4.69, 9.17) is 0 Å². The summed E-state index contributed by atoms with van der Waals surface area (Å²) in [6.45, 7) is 0. The van der Waals surface area contributed by atoms with Gasteiger partial charge in [-0.1, -0.05) is 12.2 Å². The molecule has 0 amide bonds. The van der Waals surface area contributed by atoms with Crippen LogP contribution in [-0.4, -0.2) is 0 Å². The summed E-state index contributed by atoms with van der Waals surface area (Å²) >= 11 is 36.0. The number of rotatable bonds is 2. The van der Waals surface area contributed by atoms with E-state index in [2.05, 4.69) is 159 Å². The molecule has 0 saturated heterocycles. The van der Waals surface area contributed by atoms with E-state index in [1.807, 2.05) is 12.2 Å². The Bertz CT molecular complexity index is 739.